The number of carboxylic acids is 1. The first-order valence-electron chi connectivity index (χ1n) is 5.45. The van der Waals surface area contributed by atoms with E-state index in [0.717, 1.165) is 32.1 Å². The Morgan fingerprint density at radius 3 is 1.92 bits per heavy atom. The molecule has 0 unspecified atom stereocenters. The minimum Gasteiger partial charge on any atom is -0.481 e. The molecule has 78 valence electrons. The van der Waals surface area contributed by atoms with Crippen LogP contribution in [0.15, 0.2) is 0 Å². The summed E-state index contributed by atoms with van der Waals surface area (Å²) in [6.45, 7) is 5.99. The lowest BCUT2D eigenvalue weighted by Gasteiger charge is -2.31. The summed E-state index contributed by atoms with van der Waals surface area (Å²) < 4.78 is 0. The van der Waals surface area contributed by atoms with Crippen LogP contribution in [0.25, 0.3) is 0 Å². The SMILES string of the molecule is CC.CCC1(C(=O)O)CCCCC1. The van der Waals surface area contributed by atoms with Crippen LogP contribution in [0.1, 0.15) is 59.3 Å². The smallest absolute Gasteiger partial charge is 0.309 e. The molecule has 2 nitrogen and oxygen atoms in total. The molecule has 0 aromatic heterocycles. The van der Waals surface area contributed by atoms with Crippen molar-refractivity contribution in [2.24, 2.45) is 5.41 Å². The summed E-state index contributed by atoms with van der Waals surface area (Å²) in [6, 6.07) is 0. The van der Waals surface area contributed by atoms with E-state index in [1.807, 2.05) is 20.8 Å². The Morgan fingerprint density at radius 2 is 1.69 bits per heavy atom. The van der Waals surface area contributed by atoms with Crippen LogP contribution in [0, 0.1) is 5.41 Å². The third kappa shape index (κ3) is 3.02. The van der Waals surface area contributed by atoms with Gasteiger partial charge in [0.2, 0.25) is 0 Å². The van der Waals surface area contributed by atoms with Crippen molar-refractivity contribution in [1.29, 1.82) is 0 Å². The fourth-order valence-corrected chi connectivity index (χ4v) is 1.95. The number of hydrogen-bond acceptors (Lipinski definition) is 1. The normalized spacial score (nSPS) is 19.9. The lowest BCUT2D eigenvalue weighted by atomic mass is 9.72. The third-order valence-corrected chi connectivity index (χ3v) is 2.94. The minimum absolute atomic E-state index is 0.363. The number of aliphatic carboxylic acids is 1. The molecule has 1 saturated carbocycles. The first-order valence-corrected chi connectivity index (χ1v) is 5.45. The highest BCUT2D eigenvalue weighted by Crippen LogP contribution is 2.39. The van der Waals surface area contributed by atoms with E-state index in [-0.39, 0.29) is 5.41 Å². The fourth-order valence-electron chi connectivity index (χ4n) is 1.95. The lowest BCUT2D eigenvalue weighted by molar-refractivity contribution is -0.151. The van der Waals surface area contributed by atoms with Gasteiger partial charge in [-0.15, -0.1) is 0 Å². The Labute approximate surface area is 81.3 Å². The minimum atomic E-state index is -0.584. The average Bonchev–Trinajstić information content (AvgIpc) is 2.21. The molecule has 1 fully saturated rings. The first-order chi connectivity index (χ1) is 6.21. The van der Waals surface area contributed by atoms with Gasteiger partial charge in [-0.2, -0.15) is 0 Å². The van der Waals surface area contributed by atoms with Gasteiger partial charge < -0.3 is 5.11 Å². The van der Waals surface area contributed by atoms with E-state index in [9.17, 15) is 4.79 Å². The number of hydrogen-bond donors (Lipinski definition) is 1. The molecule has 0 heterocycles. The molecule has 1 rings (SSSR count). The van der Waals surface area contributed by atoms with E-state index in [1.54, 1.807) is 0 Å². The number of carbonyl (C=O) groups is 1. The third-order valence-electron chi connectivity index (χ3n) is 2.94. The highest BCUT2D eigenvalue weighted by molar-refractivity contribution is 5.74. The lowest BCUT2D eigenvalue weighted by Crippen LogP contribution is -2.32. The average molecular weight is 186 g/mol. The van der Waals surface area contributed by atoms with E-state index >= 15 is 0 Å². The summed E-state index contributed by atoms with van der Waals surface area (Å²) >= 11 is 0. The van der Waals surface area contributed by atoms with E-state index in [2.05, 4.69) is 0 Å². The zero-order chi connectivity index (χ0) is 10.3. The molecule has 0 saturated heterocycles. The molecule has 0 amide bonds. The van der Waals surface area contributed by atoms with Crippen molar-refractivity contribution in [3.05, 3.63) is 0 Å². The molecule has 0 aliphatic heterocycles. The molecular formula is C11H22O2. The largest absolute Gasteiger partial charge is 0.481 e. The van der Waals surface area contributed by atoms with Gasteiger partial charge in [-0.05, 0) is 19.3 Å². The quantitative estimate of drug-likeness (QED) is 0.717. The standard InChI is InChI=1S/C9H16O2.C2H6/c1-2-9(8(10)11)6-4-3-5-7-9;1-2/h2-7H2,1H3,(H,10,11);1-2H3. The van der Waals surface area contributed by atoms with Gasteiger partial charge in [-0.3, -0.25) is 4.79 Å². The van der Waals surface area contributed by atoms with Gasteiger partial charge in [0.15, 0.2) is 0 Å². The maximum Gasteiger partial charge on any atom is 0.309 e. The van der Waals surface area contributed by atoms with Crippen LogP contribution >= 0.6 is 0 Å². The van der Waals surface area contributed by atoms with E-state index in [1.165, 1.54) is 6.42 Å². The van der Waals surface area contributed by atoms with Gasteiger partial charge in [0.1, 0.15) is 0 Å². The zero-order valence-corrected chi connectivity index (χ0v) is 9.10. The molecule has 0 atom stereocenters. The molecular weight excluding hydrogens is 164 g/mol. The van der Waals surface area contributed by atoms with Gasteiger partial charge in [-0.1, -0.05) is 40.0 Å². The van der Waals surface area contributed by atoms with Crippen LogP contribution < -0.4 is 0 Å². The molecule has 0 spiro atoms. The summed E-state index contributed by atoms with van der Waals surface area (Å²) in [7, 11) is 0. The van der Waals surface area contributed by atoms with Crippen molar-refractivity contribution < 1.29 is 9.90 Å². The number of rotatable bonds is 2. The fraction of sp³-hybridized carbons (Fsp3) is 0.909. The zero-order valence-electron chi connectivity index (χ0n) is 9.10. The summed E-state index contributed by atoms with van der Waals surface area (Å²) in [5.74, 6) is -0.584. The van der Waals surface area contributed by atoms with Crippen molar-refractivity contribution in [3.8, 4) is 0 Å². The Bertz CT molecular complexity index is 146. The Hall–Kier alpha value is -0.530. The Kier molecular flexibility index (Phi) is 5.76. The van der Waals surface area contributed by atoms with Crippen LogP contribution in [-0.4, -0.2) is 11.1 Å². The first kappa shape index (κ1) is 12.5. The molecule has 13 heavy (non-hydrogen) atoms. The Morgan fingerprint density at radius 1 is 1.23 bits per heavy atom. The predicted octanol–water partition coefficient (Wildman–Crippen LogP) is 3.46. The number of carboxylic acid groups (broad SMARTS) is 1. The van der Waals surface area contributed by atoms with Gasteiger partial charge in [0.25, 0.3) is 0 Å². The van der Waals surface area contributed by atoms with Gasteiger partial charge in [0, 0.05) is 0 Å². The van der Waals surface area contributed by atoms with Crippen LogP contribution in [-0.2, 0) is 4.79 Å². The van der Waals surface area contributed by atoms with Crippen molar-refractivity contribution in [2.75, 3.05) is 0 Å². The van der Waals surface area contributed by atoms with Crippen LogP contribution in [0.2, 0.25) is 0 Å². The predicted molar refractivity (Wildman–Crippen MR) is 54.8 cm³/mol. The molecule has 1 N–H and O–H groups in total. The van der Waals surface area contributed by atoms with Crippen molar-refractivity contribution in [1.82, 2.24) is 0 Å². The molecule has 1 aliphatic rings. The van der Waals surface area contributed by atoms with Crippen molar-refractivity contribution >= 4 is 5.97 Å². The van der Waals surface area contributed by atoms with Gasteiger partial charge >= 0.3 is 5.97 Å². The molecule has 0 radical (unpaired) electrons. The van der Waals surface area contributed by atoms with Crippen LogP contribution in [0.4, 0.5) is 0 Å². The van der Waals surface area contributed by atoms with Gasteiger partial charge in [0.05, 0.1) is 5.41 Å². The molecule has 0 aromatic rings. The van der Waals surface area contributed by atoms with Crippen LogP contribution in [0.5, 0.6) is 0 Å². The molecule has 0 aromatic carbocycles. The van der Waals surface area contributed by atoms with Crippen LogP contribution in [0.3, 0.4) is 0 Å². The second-order valence-electron chi connectivity index (χ2n) is 3.50. The second kappa shape index (κ2) is 6.01. The molecule has 0 bridgehead atoms. The summed E-state index contributed by atoms with van der Waals surface area (Å²) in [5.41, 5.74) is -0.363. The Balaban J connectivity index is 0.000000671. The highest BCUT2D eigenvalue weighted by Gasteiger charge is 2.37. The summed E-state index contributed by atoms with van der Waals surface area (Å²) in [6.07, 6.45) is 5.98. The topological polar surface area (TPSA) is 37.3 Å². The van der Waals surface area contributed by atoms with Crippen molar-refractivity contribution in [3.63, 3.8) is 0 Å². The summed E-state index contributed by atoms with van der Waals surface area (Å²) in [4.78, 5) is 10.9. The second-order valence-corrected chi connectivity index (χ2v) is 3.50. The highest BCUT2D eigenvalue weighted by atomic mass is 16.4. The monoisotopic (exact) mass is 186 g/mol. The maximum atomic E-state index is 10.9. The van der Waals surface area contributed by atoms with Crippen molar-refractivity contribution in [2.45, 2.75) is 59.3 Å². The van der Waals surface area contributed by atoms with E-state index in [0.29, 0.717) is 0 Å². The maximum absolute atomic E-state index is 10.9. The molecule has 1 aliphatic carbocycles. The summed E-state index contributed by atoms with van der Waals surface area (Å²) in [5, 5.41) is 8.99. The van der Waals surface area contributed by atoms with E-state index < -0.39 is 5.97 Å². The van der Waals surface area contributed by atoms with E-state index in [4.69, 9.17) is 5.11 Å². The van der Waals surface area contributed by atoms with Gasteiger partial charge in [-0.25, -0.2) is 0 Å². The molecule has 2 heteroatoms.